The zero-order valence-corrected chi connectivity index (χ0v) is 15.3. The molecule has 1 saturated heterocycles. The highest BCUT2D eigenvalue weighted by Crippen LogP contribution is 2.29. The Balaban J connectivity index is 1.84. The van der Waals surface area contributed by atoms with E-state index in [2.05, 4.69) is 4.72 Å². The van der Waals surface area contributed by atoms with Crippen LogP contribution < -0.4 is 19.1 Å². The largest absolute Gasteiger partial charge is 0.497 e. The van der Waals surface area contributed by atoms with Gasteiger partial charge in [0, 0.05) is 18.3 Å². The number of rotatable bonds is 6. The third-order valence-corrected chi connectivity index (χ3v) is 5.72. The first-order valence-electron chi connectivity index (χ1n) is 8.07. The van der Waals surface area contributed by atoms with Gasteiger partial charge in [-0.3, -0.25) is 4.79 Å². The maximum atomic E-state index is 12.8. The van der Waals surface area contributed by atoms with Crippen LogP contribution in [-0.2, 0) is 14.8 Å². The number of ether oxygens (including phenoxy) is 2. The maximum Gasteiger partial charge on any atom is 0.245 e. The van der Waals surface area contributed by atoms with Gasteiger partial charge in [-0.1, -0.05) is 18.2 Å². The van der Waals surface area contributed by atoms with Gasteiger partial charge in [-0.2, -0.15) is 4.72 Å². The zero-order valence-electron chi connectivity index (χ0n) is 14.5. The molecule has 1 aliphatic rings. The SMILES string of the molecule is COc1ccc(OC)c(S(=O)(=O)N[C@H]2CCN(c3ccccc3)C2=O)c1. The molecule has 1 heterocycles. The average molecular weight is 376 g/mol. The van der Waals surface area contributed by atoms with Crippen molar-refractivity contribution < 1.29 is 22.7 Å². The van der Waals surface area contributed by atoms with Crippen molar-refractivity contribution in [2.75, 3.05) is 25.7 Å². The fourth-order valence-electron chi connectivity index (χ4n) is 2.90. The highest BCUT2D eigenvalue weighted by molar-refractivity contribution is 7.89. The minimum absolute atomic E-state index is 0.0645. The second kappa shape index (κ2) is 7.35. The van der Waals surface area contributed by atoms with E-state index < -0.39 is 16.1 Å². The van der Waals surface area contributed by atoms with Crippen LogP contribution in [-0.4, -0.2) is 41.1 Å². The minimum atomic E-state index is -3.96. The molecular weight excluding hydrogens is 356 g/mol. The number of anilines is 1. The number of nitrogens with one attached hydrogen (secondary N) is 1. The van der Waals surface area contributed by atoms with E-state index in [9.17, 15) is 13.2 Å². The normalized spacial score (nSPS) is 17.4. The second-order valence-electron chi connectivity index (χ2n) is 5.80. The monoisotopic (exact) mass is 376 g/mol. The lowest BCUT2D eigenvalue weighted by Crippen LogP contribution is -2.41. The highest BCUT2D eigenvalue weighted by Gasteiger charge is 2.36. The van der Waals surface area contributed by atoms with Crippen LogP contribution in [0.4, 0.5) is 5.69 Å². The van der Waals surface area contributed by atoms with Crippen molar-refractivity contribution in [3.05, 3.63) is 48.5 Å². The number of nitrogens with zero attached hydrogens (tertiary/aromatic N) is 1. The third-order valence-electron chi connectivity index (χ3n) is 4.23. The van der Waals surface area contributed by atoms with E-state index in [4.69, 9.17) is 9.47 Å². The summed E-state index contributed by atoms with van der Waals surface area (Å²) in [5.74, 6) is 0.292. The topological polar surface area (TPSA) is 84.9 Å². The number of sulfonamides is 1. The first-order chi connectivity index (χ1) is 12.5. The van der Waals surface area contributed by atoms with Crippen LogP contribution in [0.15, 0.2) is 53.4 Å². The molecule has 138 valence electrons. The Hall–Kier alpha value is -2.58. The number of benzene rings is 2. The summed E-state index contributed by atoms with van der Waals surface area (Å²) in [6.07, 6.45) is 0.388. The smallest absolute Gasteiger partial charge is 0.245 e. The summed E-state index contributed by atoms with van der Waals surface area (Å²) in [4.78, 5) is 14.2. The lowest BCUT2D eigenvalue weighted by Gasteiger charge is -2.18. The number of carbonyl (C=O) groups excluding carboxylic acids is 1. The van der Waals surface area contributed by atoms with E-state index in [1.54, 1.807) is 11.0 Å². The third kappa shape index (κ3) is 3.51. The van der Waals surface area contributed by atoms with E-state index in [0.29, 0.717) is 18.7 Å². The quantitative estimate of drug-likeness (QED) is 0.831. The Labute approximate surface area is 152 Å². The molecule has 0 aromatic heterocycles. The molecular formula is C18H20N2O5S. The Morgan fingerprint density at radius 2 is 1.81 bits per heavy atom. The van der Waals surface area contributed by atoms with Crippen molar-refractivity contribution in [2.24, 2.45) is 0 Å². The van der Waals surface area contributed by atoms with Crippen LogP contribution in [0.25, 0.3) is 0 Å². The molecule has 7 nitrogen and oxygen atoms in total. The van der Waals surface area contributed by atoms with Gasteiger partial charge in [0.15, 0.2) is 0 Å². The van der Waals surface area contributed by atoms with Crippen LogP contribution in [0.2, 0.25) is 0 Å². The molecule has 2 aromatic rings. The average Bonchev–Trinajstić information content (AvgIpc) is 3.01. The Morgan fingerprint density at radius 1 is 1.08 bits per heavy atom. The Morgan fingerprint density at radius 3 is 2.46 bits per heavy atom. The van der Waals surface area contributed by atoms with E-state index in [1.807, 2.05) is 30.3 Å². The number of hydrogen-bond donors (Lipinski definition) is 1. The summed E-state index contributed by atoms with van der Waals surface area (Å²) in [7, 11) is -1.12. The molecule has 0 unspecified atom stereocenters. The molecule has 1 aliphatic heterocycles. The van der Waals surface area contributed by atoms with Crippen LogP contribution in [0, 0.1) is 0 Å². The predicted octanol–water partition coefficient (Wildman–Crippen LogP) is 1.79. The number of hydrogen-bond acceptors (Lipinski definition) is 5. The number of para-hydroxylation sites is 1. The summed E-state index contributed by atoms with van der Waals surface area (Å²) in [5.41, 5.74) is 0.748. The standard InChI is InChI=1S/C18H20N2O5S/c1-24-14-8-9-16(25-2)17(12-14)26(22,23)19-15-10-11-20(18(15)21)13-6-4-3-5-7-13/h3-9,12,15,19H,10-11H2,1-2H3/t15-/m0/s1. The molecule has 0 saturated carbocycles. The van der Waals surface area contributed by atoms with Crippen LogP contribution in [0.3, 0.4) is 0 Å². The molecule has 8 heteroatoms. The second-order valence-corrected chi connectivity index (χ2v) is 7.49. The fraction of sp³-hybridized carbons (Fsp3) is 0.278. The summed E-state index contributed by atoms with van der Waals surface area (Å²) >= 11 is 0. The van der Waals surface area contributed by atoms with Crippen molar-refractivity contribution in [2.45, 2.75) is 17.4 Å². The van der Waals surface area contributed by atoms with Crippen molar-refractivity contribution in [1.82, 2.24) is 4.72 Å². The van der Waals surface area contributed by atoms with Gasteiger partial charge in [0.2, 0.25) is 15.9 Å². The van der Waals surface area contributed by atoms with Crippen molar-refractivity contribution in [1.29, 1.82) is 0 Å². The minimum Gasteiger partial charge on any atom is -0.497 e. The van der Waals surface area contributed by atoms with Gasteiger partial charge in [0.05, 0.1) is 14.2 Å². The van der Waals surface area contributed by atoms with E-state index in [0.717, 1.165) is 5.69 Å². The zero-order chi connectivity index (χ0) is 18.7. The predicted molar refractivity (Wildman–Crippen MR) is 97.1 cm³/mol. The fourth-order valence-corrected chi connectivity index (χ4v) is 4.31. The van der Waals surface area contributed by atoms with Gasteiger partial charge >= 0.3 is 0 Å². The van der Waals surface area contributed by atoms with E-state index in [-0.39, 0.29) is 16.6 Å². The molecule has 1 amide bonds. The summed E-state index contributed by atoms with van der Waals surface area (Å²) in [6, 6.07) is 12.8. The summed E-state index contributed by atoms with van der Waals surface area (Å²) in [6.45, 7) is 0.450. The van der Waals surface area contributed by atoms with Gasteiger partial charge < -0.3 is 14.4 Å². The Kier molecular flexibility index (Phi) is 5.15. The summed E-state index contributed by atoms with van der Waals surface area (Å²) in [5, 5.41) is 0. The molecule has 1 atom stereocenters. The lowest BCUT2D eigenvalue weighted by atomic mass is 10.3. The van der Waals surface area contributed by atoms with E-state index >= 15 is 0 Å². The lowest BCUT2D eigenvalue weighted by molar-refractivity contribution is -0.118. The number of carbonyl (C=O) groups is 1. The number of amides is 1. The van der Waals surface area contributed by atoms with Crippen LogP contribution in [0.1, 0.15) is 6.42 Å². The molecule has 3 rings (SSSR count). The first kappa shape index (κ1) is 18.2. The molecule has 0 aliphatic carbocycles. The molecule has 0 radical (unpaired) electrons. The molecule has 26 heavy (non-hydrogen) atoms. The summed E-state index contributed by atoms with van der Waals surface area (Å²) < 4.78 is 38.3. The van der Waals surface area contributed by atoms with Gasteiger partial charge in [-0.15, -0.1) is 0 Å². The van der Waals surface area contributed by atoms with Crippen molar-refractivity contribution >= 4 is 21.6 Å². The van der Waals surface area contributed by atoms with Gasteiger partial charge in [-0.05, 0) is 30.7 Å². The van der Waals surface area contributed by atoms with Crippen LogP contribution >= 0.6 is 0 Å². The highest BCUT2D eigenvalue weighted by atomic mass is 32.2. The number of methoxy groups -OCH3 is 2. The van der Waals surface area contributed by atoms with Gasteiger partial charge in [0.25, 0.3) is 0 Å². The molecule has 1 N–H and O–H groups in total. The molecule has 1 fully saturated rings. The molecule has 2 aromatic carbocycles. The van der Waals surface area contributed by atoms with Gasteiger partial charge in [-0.25, -0.2) is 8.42 Å². The van der Waals surface area contributed by atoms with Crippen LogP contribution in [0.5, 0.6) is 11.5 Å². The first-order valence-corrected chi connectivity index (χ1v) is 9.55. The Bertz CT molecular complexity index is 899. The van der Waals surface area contributed by atoms with E-state index in [1.165, 1.54) is 26.4 Å². The maximum absolute atomic E-state index is 12.8. The van der Waals surface area contributed by atoms with Crippen molar-refractivity contribution in [3.63, 3.8) is 0 Å². The molecule has 0 spiro atoms. The van der Waals surface area contributed by atoms with Gasteiger partial charge in [0.1, 0.15) is 22.4 Å². The van der Waals surface area contributed by atoms with Crippen molar-refractivity contribution in [3.8, 4) is 11.5 Å². The molecule has 0 bridgehead atoms.